The first-order chi connectivity index (χ1) is 14.1. The van der Waals surface area contributed by atoms with Crippen LogP contribution in [0.15, 0.2) is 0 Å². The molecule has 6 nitrogen and oxygen atoms in total. The van der Waals surface area contributed by atoms with E-state index in [0.29, 0.717) is 31.2 Å². The number of rotatable bonds is 6. The number of carbonyl (C=O) groups excluding carboxylic acids is 3. The second kappa shape index (κ2) is 9.48. The number of amides is 3. The van der Waals surface area contributed by atoms with Gasteiger partial charge in [0.05, 0.1) is 5.92 Å². The lowest BCUT2D eigenvalue weighted by Gasteiger charge is -2.34. The maximum atomic E-state index is 12.6. The van der Waals surface area contributed by atoms with Crippen molar-refractivity contribution in [2.24, 2.45) is 17.8 Å². The van der Waals surface area contributed by atoms with Crippen LogP contribution in [0.5, 0.6) is 0 Å². The minimum atomic E-state index is -0.141. The Labute approximate surface area is 175 Å². The van der Waals surface area contributed by atoms with Crippen molar-refractivity contribution in [3.63, 3.8) is 0 Å². The molecule has 162 valence electrons. The molecule has 1 saturated carbocycles. The molecule has 0 aromatic carbocycles. The second-order valence-electron chi connectivity index (χ2n) is 9.75. The zero-order chi connectivity index (χ0) is 20.2. The van der Waals surface area contributed by atoms with E-state index in [2.05, 4.69) is 0 Å². The van der Waals surface area contributed by atoms with E-state index in [1.54, 1.807) is 0 Å². The van der Waals surface area contributed by atoms with Gasteiger partial charge in [-0.15, -0.1) is 0 Å². The van der Waals surface area contributed by atoms with Crippen LogP contribution in [0.3, 0.4) is 0 Å². The Morgan fingerprint density at radius 1 is 0.828 bits per heavy atom. The number of piperidine rings is 1. The molecule has 0 bridgehead atoms. The summed E-state index contributed by atoms with van der Waals surface area (Å²) in [6.07, 6.45) is 11.6. The maximum Gasteiger partial charge on any atom is 0.227 e. The monoisotopic (exact) mass is 403 g/mol. The van der Waals surface area contributed by atoms with Crippen LogP contribution in [-0.2, 0) is 14.4 Å². The first-order valence-electron chi connectivity index (χ1n) is 11.9. The third-order valence-corrected chi connectivity index (χ3v) is 7.67. The molecule has 0 spiro atoms. The zero-order valence-corrected chi connectivity index (χ0v) is 17.8. The van der Waals surface area contributed by atoms with Crippen molar-refractivity contribution in [2.75, 3.05) is 39.3 Å². The van der Waals surface area contributed by atoms with Crippen molar-refractivity contribution in [3.8, 4) is 0 Å². The Morgan fingerprint density at radius 2 is 1.52 bits per heavy atom. The van der Waals surface area contributed by atoms with Crippen LogP contribution in [0, 0.1) is 17.8 Å². The van der Waals surface area contributed by atoms with Crippen molar-refractivity contribution < 1.29 is 14.4 Å². The van der Waals surface area contributed by atoms with Gasteiger partial charge in [-0.05, 0) is 43.9 Å². The van der Waals surface area contributed by atoms with Crippen LogP contribution in [-0.4, -0.2) is 71.7 Å². The molecule has 1 aliphatic carbocycles. The summed E-state index contributed by atoms with van der Waals surface area (Å²) in [4.78, 5) is 43.5. The predicted molar refractivity (Wildman–Crippen MR) is 111 cm³/mol. The van der Waals surface area contributed by atoms with E-state index in [1.807, 2.05) is 14.7 Å². The number of carbonyl (C=O) groups is 3. The van der Waals surface area contributed by atoms with E-state index in [1.165, 1.54) is 25.7 Å². The van der Waals surface area contributed by atoms with Crippen LogP contribution in [0.4, 0.5) is 0 Å². The highest BCUT2D eigenvalue weighted by Crippen LogP contribution is 2.30. The summed E-state index contributed by atoms with van der Waals surface area (Å²) in [7, 11) is 0. The van der Waals surface area contributed by atoms with E-state index < -0.39 is 0 Å². The smallest absolute Gasteiger partial charge is 0.227 e. The Hall–Kier alpha value is -1.59. The number of likely N-dealkylation sites (tertiary alicyclic amines) is 3. The molecule has 0 N–H and O–H groups in total. The molecular formula is C23H37N3O3. The molecule has 1 unspecified atom stereocenters. The topological polar surface area (TPSA) is 60.9 Å². The van der Waals surface area contributed by atoms with Crippen molar-refractivity contribution in [1.29, 1.82) is 0 Å². The Kier molecular flexibility index (Phi) is 6.76. The average molecular weight is 404 g/mol. The summed E-state index contributed by atoms with van der Waals surface area (Å²) in [6, 6.07) is 0. The van der Waals surface area contributed by atoms with Gasteiger partial charge in [-0.2, -0.15) is 0 Å². The fourth-order valence-corrected chi connectivity index (χ4v) is 5.77. The van der Waals surface area contributed by atoms with Gasteiger partial charge in [-0.25, -0.2) is 0 Å². The van der Waals surface area contributed by atoms with Gasteiger partial charge in [0.2, 0.25) is 17.7 Å². The third-order valence-electron chi connectivity index (χ3n) is 7.67. The molecule has 29 heavy (non-hydrogen) atoms. The van der Waals surface area contributed by atoms with Gasteiger partial charge in [0.15, 0.2) is 0 Å². The minimum Gasteiger partial charge on any atom is -0.343 e. The van der Waals surface area contributed by atoms with Crippen molar-refractivity contribution in [2.45, 2.75) is 70.6 Å². The Balaban J connectivity index is 1.18. The van der Waals surface area contributed by atoms with E-state index >= 15 is 0 Å². The molecule has 3 saturated heterocycles. The van der Waals surface area contributed by atoms with Crippen LogP contribution in [0.25, 0.3) is 0 Å². The highest BCUT2D eigenvalue weighted by atomic mass is 16.2. The lowest BCUT2D eigenvalue weighted by atomic mass is 9.95. The fraction of sp³-hybridized carbons (Fsp3) is 0.870. The molecular weight excluding hydrogens is 366 g/mol. The SMILES string of the molecule is O=C(CCC1CCCC1)N1CCC(CN2CC(C(=O)N3CCCC3)CC2=O)CC1. The van der Waals surface area contributed by atoms with Gasteiger partial charge in [-0.3, -0.25) is 14.4 Å². The highest BCUT2D eigenvalue weighted by Gasteiger charge is 2.38. The van der Waals surface area contributed by atoms with Gasteiger partial charge >= 0.3 is 0 Å². The maximum absolute atomic E-state index is 12.6. The minimum absolute atomic E-state index is 0.137. The van der Waals surface area contributed by atoms with Crippen molar-refractivity contribution in [1.82, 2.24) is 14.7 Å². The molecule has 3 heterocycles. The Bertz CT molecular complexity index is 602. The second-order valence-corrected chi connectivity index (χ2v) is 9.75. The zero-order valence-electron chi connectivity index (χ0n) is 17.8. The lowest BCUT2D eigenvalue weighted by Crippen LogP contribution is -2.42. The summed E-state index contributed by atoms with van der Waals surface area (Å²) in [6.45, 7) is 4.72. The van der Waals surface area contributed by atoms with E-state index in [-0.39, 0.29) is 17.7 Å². The summed E-state index contributed by atoms with van der Waals surface area (Å²) >= 11 is 0. The van der Waals surface area contributed by atoms with Gasteiger partial charge in [-0.1, -0.05) is 25.7 Å². The lowest BCUT2D eigenvalue weighted by molar-refractivity contribution is -0.134. The number of hydrogen-bond acceptors (Lipinski definition) is 3. The van der Waals surface area contributed by atoms with Gasteiger partial charge in [0.1, 0.15) is 0 Å². The van der Waals surface area contributed by atoms with E-state index in [9.17, 15) is 14.4 Å². The van der Waals surface area contributed by atoms with Crippen LogP contribution >= 0.6 is 0 Å². The van der Waals surface area contributed by atoms with E-state index in [0.717, 1.165) is 70.7 Å². The molecule has 6 heteroatoms. The molecule has 3 amide bonds. The van der Waals surface area contributed by atoms with Crippen molar-refractivity contribution >= 4 is 17.7 Å². The standard InChI is InChI=1S/C23H37N3O3/c27-21(8-7-18-5-1-2-6-18)24-13-9-19(10-14-24)16-26-17-20(15-22(26)28)23(29)25-11-3-4-12-25/h18-20H,1-17H2. The molecule has 1 atom stereocenters. The Morgan fingerprint density at radius 3 is 2.21 bits per heavy atom. The van der Waals surface area contributed by atoms with E-state index in [4.69, 9.17) is 0 Å². The highest BCUT2D eigenvalue weighted by molar-refractivity contribution is 5.89. The quantitative estimate of drug-likeness (QED) is 0.685. The summed E-state index contributed by atoms with van der Waals surface area (Å²) in [5, 5.41) is 0. The molecule has 3 aliphatic heterocycles. The predicted octanol–water partition coefficient (Wildman–Crippen LogP) is 2.67. The molecule has 0 radical (unpaired) electrons. The number of hydrogen-bond donors (Lipinski definition) is 0. The largest absolute Gasteiger partial charge is 0.343 e. The normalized spacial score (nSPS) is 26.7. The van der Waals surface area contributed by atoms with Crippen LogP contribution < -0.4 is 0 Å². The first kappa shape index (κ1) is 20.7. The summed E-state index contributed by atoms with van der Waals surface area (Å²) in [5.41, 5.74) is 0. The van der Waals surface area contributed by atoms with Crippen LogP contribution in [0.1, 0.15) is 70.6 Å². The fourth-order valence-electron chi connectivity index (χ4n) is 5.77. The third kappa shape index (κ3) is 5.13. The molecule has 0 aromatic heterocycles. The number of nitrogens with zero attached hydrogens (tertiary/aromatic N) is 3. The molecule has 4 fully saturated rings. The molecule has 4 aliphatic rings. The van der Waals surface area contributed by atoms with Gasteiger partial charge in [0.25, 0.3) is 0 Å². The summed E-state index contributed by atoms with van der Waals surface area (Å²) < 4.78 is 0. The first-order valence-corrected chi connectivity index (χ1v) is 11.9. The van der Waals surface area contributed by atoms with Gasteiger partial charge in [0, 0.05) is 52.1 Å². The molecule has 0 aromatic rings. The average Bonchev–Trinajstić information content (AvgIpc) is 3.49. The van der Waals surface area contributed by atoms with Gasteiger partial charge < -0.3 is 14.7 Å². The molecule has 4 rings (SSSR count). The van der Waals surface area contributed by atoms with Crippen LogP contribution in [0.2, 0.25) is 0 Å². The summed E-state index contributed by atoms with van der Waals surface area (Å²) in [5.74, 6) is 1.73. The van der Waals surface area contributed by atoms with Crippen molar-refractivity contribution in [3.05, 3.63) is 0 Å².